The molecule has 6 nitrogen and oxygen atoms in total. The molecule has 1 aromatic heterocycles. The summed E-state index contributed by atoms with van der Waals surface area (Å²) in [4.78, 5) is 16.5. The fourth-order valence-electron chi connectivity index (χ4n) is 5.74. The summed E-state index contributed by atoms with van der Waals surface area (Å²) in [5.41, 5.74) is 1.67. The van der Waals surface area contributed by atoms with Gasteiger partial charge in [0.15, 0.2) is 0 Å². The molecule has 1 amide bonds. The lowest BCUT2D eigenvalue weighted by Gasteiger charge is -2.49. The van der Waals surface area contributed by atoms with Crippen LogP contribution in [0.25, 0.3) is 0 Å². The van der Waals surface area contributed by atoms with Crippen LogP contribution in [0, 0.1) is 17.3 Å². The third kappa shape index (κ3) is 2.48. The van der Waals surface area contributed by atoms with E-state index in [0.717, 1.165) is 37.4 Å². The average Bonchev–Trinajstić information content (AvgIpc) is 3.02. The molecule has 2 saturated heterocycles. The standard InChI is InChI=1S/C19H28N4O2/c1-3-25-18(24)22-7-5-19(12-22)8-13(9-19)23-10-14-15(11-23)17(14)16-4-6-21(2)20-16/h4,6,13-15,17H,3,5,7-12H2,1-2H3/t13?,14-,15+,17?,19?. The number of nitrogens with zero attached hydrogens (tertiary/aromatic N) is 4. The molecule has 25 heavy (non-hydrogen) atoms. The highest BCUT2D eigenvalue weighted by atomic mass is 16.6. The molecule has 1 aromatic rings. The first kappa shape index (κ1) is 15.7. The van der Waals surface area contributed by atoms with Crippen LogP contribution in [0.2, 0.25) is 0 Å². The zero-order valence-corrected chi connectivity index (χ0v) is 15.2. The Hall–Kier alpha value is -1.56. The monoisotopic (exact) mass is 344 g/mol. The van der Waals surface area contributed by atoms with Crippen molar-refractivity contribution in [2.24, 2.45) is 24.3 Å². The van der Waals surface area contributed by atoms with Gasteiger partial charge in [0.2, 0.25) is 0 Å². The minimum absolute atomic E-state index is 0.122. The number of fused-ring (bicyclic) bond motifs is 1. The Labute approximate surface area is 149 Å². The fraction of sp³-hybridized carbons (Fsp3) is 0.789. The lowest BCUT2D eigenvalue weighted by atomic mass is 9.64. The zero-order chi connectivity index (χ0) is 17.2. The van der Waals surface area contributed by atoms with Crippen molar-refractivity contribution in [1.82, 2.24) is 19.6 Å². The smallest absolute Gasteiger partial charge is 0.409 e. The molecule has 4 aliphatic rings. The second-order valence-electron chi connectivity index (χ2n) is 8.65. The van der Waals surface area contributed by atoms with Crippen molar-refractivity contribution in [3.63, 3.8) is 0 Å². The molecule has 5 rings (SSSR count). The molecule has 3 heterocycles. The maximum absolute atomic E-state index is 11.9. The summed E-state index contributed by atoms with van der Waals surface area (Å²) in [6.45, 7) is 6.61. The summed E-state index contributed by atoms with van der Waals surface area (Å²) >= 11 is 0. The molecule has 0 bridgehead atoms. The molecule has 2 aliphatic heterocycles. The van der Waals surface area contributed by atoms with Gasteiger partial charge in [-0.25, -0.2) is 4.79 Å². The van der Waals surface area contributed by atoms with Crippen molar-refractivity contribution in [2.45, 2.75) is 38.1 Å². The molecule has 1 spiro atoms. The molecule has 2 saturated carbocycles. The summed E-state index contributed by atoms with van der Waals surface area (Å²) in [5, 5.41) is 4.61. The average molecular weight is 344 g/mol. The molecule has 2 aliphatic carbocycles. The maximum Gasteiger partial charge on any atom is 0.409 e. The predicted molar refractivity (Wildman–Crippen MR) is 93.2 cm³/mol. The lowest BCUT2D eigenvalue weighted by molar-refractivity contribution is 0.0117. The molecular formula is C19H28N4O2. The van der Waals surface area contributed by atoms with E-state index in [2.05, 4.69) is 22.3 Å². The van der Waals surface area contributed by atoms with Crippen molar-refractivity contribution >= 4 is 6.09 Å². The van der Waals surface area contributed by atoms with Crippen LogP contribution in [0.15, 0.2) is 12.3 Å². The van der Waals surface area contributed by atoms with Crippen LogP contribution in [-0.2, 0) is 11.8 Å². The Morgan fingerprint density at radius 3 is 2.76 bits per heavy atom. The van der Waals surface area contributed by atoms with Crippen LogP contribution in [0.4, 0.5) is 4.79 Å². The number of hydrogen-bond acceptors (Lipinski definition) is 4. The third-order valence-corrected chi connectivity index (χ3v) is 7.12. The number of hydrogen-bond donors (Lipinski definition) is 0. The van der Waals surface area contributed by atoms with Gasteiger partial charge in [0.05, 0.1) is 12.3 Å². The summed E-state index contributed by atoms with van der Waals surface area (Å²) in [6, 6.07) is 2.92. The van der Waals surface area contributed by atoms with Gasteiger partial charge in [-0.2, -0.15) is 5.10 Å². The van der Waals surface area contributed by atoms with E-state index in [4.69, 9.17) is 4.74 Å². The number of aromatic nitrogens is 2. The summed E-state index contributed by atoms with van der Waals surface area (Å²) in [5.74, 6) is 2.36. The van der Waals surface area contributed by atoms with E-state index in [1.54, 1.807) is 0 Å². The van der Waals surface area contributed by atoms with Crippen LogP contribution in [0.5, 0.6) is 0 Å². The first-order valence-corrected chi connectivity index (χ1v) is 9.74. The fourth-order valence-corrected chi connectivity index (χ4v) is 5.74. The van der Waals surface area contributed by atoms with E-state index in [9.17, 15) is 4.79 Å². The zero-order valence-electron chi connectivity index (χ0n) is 15.2. The van der Waals surface area contributed by atoms with Crippen molar-refractivity contribution in [2.75, 3.05) is 32.8 Å². The van der Waals surface area contributed by atoms with E-state index in [-0.39, 0.29) is 6.09 Å². The first-order valence-electron chi connectivity index (χ1n) is 9.74. The molecule has 0 N–H and O–H groups in total. The molecule has 3 atom stereocenters. The number of likely N-dealkylation sites (tertiary alicyclic amines) is 2. The SMILES string of the molecule is CCOC(=O)N1CCC2(CC(N3C[C@@H]4C(c5ccn(C)n5)[C@@H]4C3)C2)C1. The van der Waals surface area contributed by atoms with Crippen LogP contribution in [0.1, 0.15) is 37.8 Å². The van der Waals surface area contributed by atoms with Gasteiger partial charge in [-0.05, 0) is 49.5 Å². The van der Waals surface area contributed by atoms with Crippen LogP contribution in [-0.4, -0.2) is 64.5 Å². The van der Waals surface area contributed by atoms with Gasteiger partial charge in [0, 0.05) is 51.4 Å². The number of rotatable bonds is 3. The Balaban J connectivity index is 1.12. The van der Waals surface area contributed by atoms with Gasteiger partial charge in [-0.1, -0.05) is 0 Å². The first-order chi connectivity index (χ1) is 12.1. The largest absolute Gasteiger partial charge is 0.450 e. The predicted octanol–water partition coefficient (Wildman–Crippen LogP) is 2.08. The van der Waals surface area contributed by atoms with Gasteiger partial charge in [-0.15, -0.1) is 0 Å². The molecule has 4 fully saturated rings. The highest BCUT2D eigenvalue weighted by Gasteiger charge is 2.60. The van der Waals surface area contributed by atoms with E-state index in [1.165, 1.54) is 31.6 Å². The van der Waals surface area contributed by atoms with Crippen LogP contribution >= 0.6 is 0 Å². The van der Waals surface area contributed by atoms with Gasteiger partial charge in [0.25, 0.3) is 0 Å². The van der Waals surface area contributed by atoms with Crippen LogP contribution < -0.4 is 0 Å². The summed E-state index contributed by atoms with van der Waals surface area (Å²) in [6.07, 6.45) is 5.61. The number of amides is 1. The van der Waals surface area contributed by atoms with Crippen molar-refractivity contribution in [1.29, 1.82) is 0 Å². The molecule has 136 valence electrons. The van der Waals surface area contributed by atoms with E-state index in [0.29, 0.717) is 17.9 Å². The van der Waals surface area contributed by atoms with Gasteiger partial charge >= 0.3 is 6.09 Å². The van der Waals surface area contributed by atoms with Crippen molar-refractivity contribution in [3.8, 4) is 0 Å². The Kier molecular flexibility index (Phi) is 3.43. The minimum Gasteiger partial charge on any atom is -0.450 e. The second kappa shape index (κ2) is 5.47. The highest BCUT2D eigenvalue weighted by molar-refractivity contribution is 5.68. The molecular weight excluding hydrogens is 316 g/mol. The van der Waals surface area contributed by atoms with E-state index >= 15 is 0 Å². The minimum atomic E-state index is -0.122. The highest BCUT2D eigenvalue weighted by Crippen LogP contribution is 2.60. The maximum atomic E-state index is 11.9. The Bertz CT molecular complexity index is 669. The number of piperidine rings is 1. The molecule has 0 aromatic carbocycles. The summed E-state index contributed by atoms with van der Waals surface area (Å²) in [7, 11) is 2.00. The molecule has 0 radical (unpaired) electrons. The number of ether oxygens (including phenoxy) is 1. The van der Waals surface area contributed by atoms with Gasteiger partial charge < -0.3 is 9.64 Å². The second-order valence-corrected chi connectivity index (χ2v) is 8.65. The molecule has 1 unspecified atom stereocenters. The topological polar surface area (TPSA) is 50.6 Å². The number of aryl methyl sites for hydroxylation is 1. The Morgan fingerprint density at radius 1 is 1.36 bits per heavy atom. The number of carbonyl (C=O) groups is 1. The lowest BCUT2D eigenvalue weighted by Crippen LogP contribution is -2.52. The third-order valence-electron chi connectivity index (χ3n) is 7.12. The normalized spacial score (nSPS) is 39.5. The Morgan fingerprint density at radius 2 is 2.12 bits per heavy atom. The van der Waals surface area contributed by atoms with Crippen molar-refractivity contribution < 1.29 is 9.53 Å². The quantitative estimate of drug-likeness (QED) is 0.842. The molecule has 6 heteroatoms. The van der Waals surface area contributed by atoms with Crippen molar-refractivity contribution in [3.05, 3.63) is 18.0 Å². The van der Waals surface area contributed by atoms with Crippen LogP contribution in [0.3, 0.4) is 0 Å². The van der Waals surface area contributed by atoms with Gasteiger partial charge in [-0.3, -0.25) is 9.58 Å². The number of carbonyl (C=O) groups excluding carboxylic acids is 1. The van der Waals surface area contributed by atoms with E-state index in [1.807, 2.05) is 23.6 Å². The van der Waals surface area contributed by atoms with Gasteiger partial charge in [0.1, 0.15) is 0 Å². The van der Waals surface area contributed by atoms with E-state index < -0.39 is 0 Å². The summed E-state index contributed by atoms with van der Waals surface area (Å²) < 4.78 is 7.08.